The summed E-state index contributed by atoms with van der Waals surface area (Å²) in [5.41, 5.74) is 7.79. The van der Waals surface area contributed by atoms with Gasteiger partial charge in [-0.15, -0.1) is 10.2 Å². The number of hydrogen-bond donors (Lipinski definition) is 1. The molecular weight excluding hydrogens is 362 g/mol. The Labute approximate surface area is 152 Å². The molecule has 0 saturated carbocycles. The molecule has 3 aromatic rings. The van der Waals surface area contributed by atoms with Gasteiger partial charge in [-0.05, 0) is 60.7 Å². The fraction of sp³-hybridized carbons (Fsp3) is 0.263. The third-order valence-corrected chi connectivity index (χ3v) is 4.67. The van der Waals surface area contributed by atoms with Gasteiger partial charge < -0.3 is 10.2 Å². The van der Waals surface area contributed by atoms with Crippen molar-refractivity contribution in [3.05, 3.63) is 58.9 Å². The molecule has 2 aromatic carbocycles. The van der Waals surface area contributed by atoms with Crippen LogP contribution in [0.4, 0.5) is 17.6 Å². The number of benzene rings is 2. The van der Waals surface area contributed by atoms with E-state index >= 15 is 0 Å². The van der Waals surface area contributed by atoms with Crippen LogP contribution in [0.3, 0.4) is 0 Å². The van der Waals surface area contributed by atoms with Crippen LogP contribution in [0.25, 0.3) is 22.9 Å². The highest BCUT2D eigenvalue weighted by Crippen LogP contribution is 2.34. The molecule has 4 nitrogen and oxygen atoms in total. The predicted octanol–water partition coefficient (Wildman–Crippen LogP) is 4.38. The second-order valence-electron chi connectivity index (χ2n) is 6.59. The van der Waals surface area contributed by atoms with Crippen molar-refractivity contribution >= 4 is 0 Å². The molecule has 1 aromatic heterocycles. The van der Waals surface area contributed by atoms with Gasteiger partial charge in [-0.3, -0.25) is 0 Å². The Kier molecular flexibility index (Phi) is 4.22. The summed E-state index contributed by atoms with van der Waals surface area (Å²) in [4.78, 5) is 0. The molecule has 27 heavy (non-hydrogen) atoms. The van der Waals surface area contributed by atoms with Crippen molar-refractivity contribution in [2.24, 2.45) is 5.73 Å². The summed E-state index contributed by atoms with van der Waals surface area (Å²) in [6.07, 6.45) is -2.14. The molecule has 1 aliphatic carbocycles. The molecule has 140 valence electrons. The first-order valence-electron chi connectivity index (χ1n) is 8.39. The van der Waals surface area contributed by atoms with Crippen molar-refractivity contribution in [2.75, 3.05) is 0 Å². The molecule has 1 atom stereocenters. The minimum Gasteiger partial charge on any atom is -0.416 e. The molecule has 0 spiro atoms. The highest BCUT2D eigenvalue weighted by molar-refractivity contribution is 5.60. The summed E-state index contributed by atoms with van der Waals surface area (Å²) < 4.78 is 57.3. The molecule has 4 rings (SSSR count). The molecule has 0 fully saturated rings. The first kappa shape index (κ1) is 17.7. The zero-order valence-corrected chi connectivity index (χ0v) is 14.1. The molecule has 1 heterocycles. The van der Waals surface area contributed by atoms with Crippen molar-refractivity contribution in [3.8, 4) is 22.9 Å². The lowest BCUT2D eigenvalue weighted by Gasteiger charge is -2.21. The van der Waals surface area contributed by atoms with Crippen molar-refractivity contribution < 1.29 is 22.0 Å². The first-order chi connectivity index (χ1) is 12.8. The molecule has 0 saturated heterocycles. The van der Waals surface area contributed by atoms with E-state index < -0.39 is 17.6 Å². The Bertz CT molecular complexity index is 997. The molecule has 2 N–H and O–H groups in total. The average Bonchev–Trinajstić information content (AvgIpc) is 3.10. The first-order valence-corrected chi connectivity index (χ1v) is 8.39. The van der Waals surface area contributed by atoms with Crippen LogP contribution in [-0.4, -0.2) is 16.2 Å². The van der Waals surface area contributed by atoms with E-state index in [9.17, 15) is 17.6 Å². The molecule has 8 heteroatoms. The molecule has 0 amide bonds. The van der Waals surface area contributed by atoms with Crippen LogP contribution >= 0.6 is 0 Å². The molecule has 1 unspecified atom stereocenters. The van der Waals surface area contributed by atoms with Gasteiger partial charge in [0.2, 0.25) is 11.8 Å². The summed E-state index contributed by atoms with van der Waals surface area (Å²) in [7, 11) is 0. The second kappa shape index (κ2) is 6.45. The van der Waals surface area contributed by atoms with Crippen LogP contribution in [0.1, 0.15) is 23.1 Å². The van der Waals surface area contributed by atoms with E-state index in [0.29, 0.717) is 11.6 Å². The number of nitrogens with zero attached hydrogens (tertiary/aromatic N) is 2. The number of nitrogens with two attached hydrogens (primary N) is 1. The Morgan fingerprint density at radius 2 is 1.63 bits per heavy atom. The summed E-state index contributed by atoms with van der Waals surface area (Å²) in [5.74, 6) is -1.22. The van der Waals surface area contributed by atoms with Crippen molar-refractivity contribution in [1.29, 1.82) is 0 Å². The topological polar surface area (TPSA) is 64.9 Å². The Balaban J connectivity index is 1.65. The normalized spacial score (nSPS) is 17.0. The van der Waals surface area contributed by atoms with Gasteiger partial charge in [0.05, 0.1) is 5.56 Å². The van der Waals surface area contributed by atoms with Gasteiger partial charge >= 0.3 is 6.18 Å². The van der Waals surface area contributed by atoms with E-state index in [1.807, 2.05) is 18.2 Å². The predicted molar refractivity (Wildman–Crippen MR) is 90.1 cm³/mol. The minimum absolute atomic E-state index is 0.0490. The van der Waals surface area contributed by atoms with Crippen molar-refractivity contribution in [2.45, 2.75) is 31.5 Å². The van der Waals surface area contributed by atoms with Crippen LogP contribution in [0.15, 0.2) is 40.8 Å². The maximum absolute atomic E-state index is 13.8. The van der Waals surface area contributed by atoms with E-state index in [1.165, 1.54) is 5.56 Å². The van der Waals surface area contributed by atoms with Gasteiger partial charge in [-0.1, -0.05) is 6.07 Å². The van der Waals surface area contributed by atoms with Crippen molar-refractivity contribution in [1.82, 2.24) is 10.2 Å². The third kappa shape index (κ3) is 3.44. The highest BCUT2D eigenvalue weighted by atomic mass is 19.4. The number of fused-ring (bicyclic) bond motifs is 1. The number of rotatable bonds is 2. The smallest absolute Gasteiger partial charge is 0.416 e. The zero-order chi connectivity index (χ0) is 19.2. The summed E-state index contributed by atoms with van der Waals surface area (Å²) >= 11 is 0. The lowest BCUT2D eigenvalue weighted by atomic mass is 9.87. The van der Waals surface area contributed by atoms with E-state index in [0.717, 1.165) is 37.0 Å². The zero-order valence-electron chi connectivity index (χ0n) is 14.1. The van der Waals surface area contributed by atoms with Gasteiger partial charge in [0.25, 0.3) is 0 Å². The van der Waals surface area contributed by atoms with Crippen LogP contribution < -0.4 is 5.73 Å². The molecule has 1 aliphatic rings. The number of aromatic nitrogens is 2. The molecule has 0 radical (unpaired) electrons. The minimum atomic E-state index is -4.76. The Morgan fingerprint density at radius 1 is 0.963 bits per heavy atom. The molecule has 0 bridgehead atoms. The van der Waals surface area contributed by atoms with E-state index in [2.05, 4.69) is 10.2 Å². The van der Waals surface area contributed by atoms with Gasteiger partial charge in [0.1, 0.15) is 5.82 Å². The standard InChI is InChI=1S/C19H15F4N3O/c20-16-9-12(4-6-15(16)19(21,22)23)18-26-25-17(27-18)11-2-1-10-3-5-14(24)8-13(10)7-11/h1-2,4,6-7,9,14H,3,5,8,24H2. The Morgan fingerprint density at radius 3 is 2.30 bits per heavy atom. The fourth-order valence-corrected chi connectivity index (χ4v) is 3.25. The van der Waals surface area contributed by atoms with Gasteiger partial charge in [0, 0.05) is 17.2 Å². The largest absolute Gasteiger partial charge is 0.419 e. The summed E-state index contributed by atoms with van der Waals surface area (Å²) in [6, 6.07) is 8.38. The van der Waals surface area contributed by atoms with E-state index in [-0.39, 0.29) is 23.4 Å². The maximum atomic E-state index is 13.8. The van der Waals surface area contributed by atoms with Crippen LogP contribution in [-0.2, 0) is 19.0 Å². The maximum Gasteiger partial charge on any atom is 0.419 e. The SMILES string of the molecule is NC1CCc2ccc(-c3nnc(-c4ccc(C(F)(F)F)c(F)c4)o3)cc2C1. The lowest BCUT2D eigenvalue weighted by Crippen LogP contribution is -2.27. The third-order valence-electron chi connectivity index (χ3n) is 4.67. The average molecular weight is 377 g/mol. The van der Waals surface area contributed by atoms with Crippen molar-refractivity contribution in [3.63, 3.8) is 0 Å². The lowest BCUT2D eigenvalue weighted by molar-refractivity contribution is -0.139. The summed E-state index contributed by atoms with van der Waals surface area (Å²) in [5, 5.41) is 7.77. The number of alkyl halides is 3. The molecular formula is C19H15F4N3O. The molecule has 0 aliphatic heterocycles. The Hall–Kier alpha value is -2.74. The van der Waals surface area contributed by atoms with Gasteiger partial charge in [0.15, 0.2) is 0 Å². The van der Waals surface area contributed by atoms with E-state index in [4.69, 9.17) is 10.2 Å². The number of halogens is 4. The van der Waals surface area contributed by atoms with Gasteiger partial charge in [-0.2, -0.15) is 13.2 Å². The monoisotopic (exact) mass is 377 g/mol. The van der Waals surface area contributed by atoms with Crippen LogP contribution in [0, 0.1) is 5.82 Å². The number of aryl methyl sites for hydroxylation is 1. The highest BCUT2D eigenvalue weighted by Gasteiger charge is 2.34. The van der Waals surface area contributed by atoms with Crippen LogP contribution in [0.5, 0.6) is 0 Å². The fourth-order valence-electron chi connectivity index (χ4n) is 3.25. The van der Waals surface area contributed by atoms with Crippen LogP contribution in [0.2, 0.25) is 0 Å². The number of hydrogen-bond acceptors (Lipinski definition) is 4. The van der Waals surface area contributed by atoms with E-state index in [1.54, 1.807) is 0 Å². The van der Waals surface area contributed by atoms with Gasteiger partial charge in [-0.25, -0.2) is 4.39 Å². The summed E-state index contributed by atoms with van der Waals surface area (Å²) in [6.45, 7) is 0. The quantitative estimate of drug-likeness (QED) is 0.674. The second-order valence-corrected chi connectivity index (χ2v) is 6.59.